The van der Waals surface area contributed by atoms with E-state index in [0.717, 1.165) is 34.8 Å². The smallest absolute Gasteiger partial charge is 0.317 e. The molecule has 3 aromatic rings. The molecule has 1 aromatic carbocycles. The van der Waals surface area contributed by atoms with Gasteiger partial charge in [-0.25, -0.2) is 9.78 Å². The number of benzene rings is 1. The van der Waals surface area contributed by atoms with E-state index >= 15 is 0 Å². The number of piperazine rings is 1. The number of urea groups is 1. The van der Waals surface area contributed by atoms with Crippen LogP contribution < -0.4 is 15.2 Å². The zero-order valence-corrected chi connectivity index (χ0v) is 13.8. The Balaban J connectivity index is 1.37. The van der Waals surface area contributed by atoms with Crippen LogP contribution in [0.4, 0.5) is 16.3 Å². The first-order valence-corrected chi connectivity index (χ1v) is 8.57. The molecule has 0 saturated carbocycles. The molecule has 4 rings (SSSR count). The number of nitrogens with zero attached hydrogens (tertiary/aromatic N) is 4. The number of nitrogens with one attached hydrogen (secondary N) is 2. The number of carbonyl (C=O) groups is 1. The van der Waals surface area contributed by atoms with Gasteiger partial charge in [0.05, 0.1) is 24.0 Å². The molecule has 24 heavy (non-hydrogen) atoms. The third-order valence-electron chi connectivity index (χ3n) is 4.10. The number of hydrogen-bond donors (Lipinski definition) is 1. The maximum atomic E-state index is 12.4. The minimum atomic E-state index is -0.0748. The molecule has 3 heterocycles. The molecule has 1 fully saturated rings. The van der Waals surface area contributed by atoms with E-state index in [1.807, 2.05) is 47.5 Å². The summed E-state index contributed by atoms with van der Waals surface area (Å²) in [7, 11) is 0. The number of aromatic amines is 1. The number of hydrogen-bond acceptors (Lipinski definition) is 5. The molecule has 0 aliphatic carbocycles. The second kappa shape index (κ2) is 6.40. The van der Waals surface area contributed by atoms with E-state index in [1.165, 1.54) is 11.5 Å². The fraction of sp³-hybridized carbons (Fsp3) is 0.250. The number of anilines is 2. The molecule has 0 spiro atoms. The van der Waals surface area contributed by atoms with Gasteiger partial charge in [-0.3, -0.25) is 4.90 Å². The van der Waals surface area contributed by atoms with Crippen LogP contribution in [0.1, 0.15) is 0 Å². The standard InChI is InChI=1S/C16H16N6OS/c23-16(18-12-4-5-14-13(11-12)19-20-24-14)22-9-7-21(8-10-22)15-3-1-2-6-17-15/h1-6,11H,7-10H2,(H,18,23)/p+1. The normalized spacial score (nSPS) is 14.8. The lowest BCUT2D eigenvalue weighted by Crippen LogP contribution is -2.51. The highest BCUT2D eigenvalue weighted by Gasteiger charge is 2.26. The SMILES string of the molecule is O=C(Nc1ccc2snnc2c1)N1CCN(c2cccc[nH+]2)CC1. The van der Waals surface area contributed by atoms with Gasteiger partial charge in [-0.2, -0.15) is 0 Å². The average Bonchev–Trinajstić information content (AvgIpc) is 3.10. The van der Waals surface area contributed by atoms with Crippen LogP contribution in [-0.2, 0) is 0 Å². The topological polar surface area (TPSA) is 75.5 Å². The van der Waals surface area contributed by atoms with E-state index < -0.39 is 0 Å². The van der Waals surface area contributed by atoms with Crippen molar-refractivity contribution in [3.8, 4) is 0 Å². The summed E-state index contributed by atoms with van der Waals surface area (Å²) in [4.78, 5) is 19.8. The molecule has 0 radical (unpaired) electrons. The maximum absolute atomic E-state index is 12.4. The van der Waals surface area contributed by atoms with Crippen molar-refractivity contribution in [2.24, 2.45) is 0 Å². The third-order valence-corrected chi connectivity index (χ3v) is 4.80. The van der Waals surface area contributed by atoms with Crippen LogP contribution in [0.5, 0.6) is 0 Å². The highest BCUT2D eigenvalue weighted by Crippen LogP contribution is 2.20. The lowest BCUT2D eigenvalue weighted by molar-refractivity contribution is -0.364. The van der Waals surface area contributed by atoms with Crippen molar-refractivity contribution < 1.29 is 9.78 Å². The van der Waals surface area contributed by atoms with Crippen LogP contribution in [0.15, 0.2) is 42.6 Å². The Hall–Kier alpha value is -2.74. The Bertz CT molecular complexity index is 844. The number of amides is 2. The van der Waals surface area contributed by atoms with Gasteiger partial charge in [0.25, 0.3) is 5.82 Å². The van der Waals surface area contributed by atoms with E-state index in [2.05, 4.69) is 24.8 Å². The molecule has 8 heteroatoms. The van der Waals surface area contributed by atoms with Crippen molar-refractivity contribution in [2.75, 3.05) is 36.4 Å². The Morgan fingerprint density at radius 2 is 2.04 bits per heavy atom. The molecule has 1 saturated heterocycles. The Morgan fingerprint density at radius 3 is 2.83 bits per heavy atom. The van der Waals surface area contributed by atoms with Gasteiger partial charge < -0.3 is 10.2 Å². The fourth-order valence-electron chi connectivity index (χ4n) is 2.79. The van der Waals surface area contributed by atoms with Crippen molar-refractivity contribution in [1.29, 1.82) is 0 Å². The third kappa shape index (κ3) is 3.00. The van der Waals surface area contributed by atoms with Gasteiger partial charge in [0, 0.05) is 11.8 Å². The summed E-state index contributed by atoms with van der Waals surface area (Å²) in [6.07, 6.45) is 1.91. The number of carbonyl (C=O) groups excluding carboxylic acids is 1. The first-order chi connectivity index (χ1) is 11.8. The lowest BCUT2D eigenvalue weighted by atomic mass is 10.3. The molecule has 122 valence electrons. The number of fused-ring (bicyclic) bond motifs is 1. The Labute approximate surface area is 143 Å². The molecule has 0 atom stereocenters. The second-order valence-corrected chi connectivity index (χ2v) is 6.39. The van der Waals surface area contributed by atoms with Crippen molar-refractivity contribution in [2.45, 2.75) is 0 Å². The number of rotatable bonds is 2. The maximum Gasteiger partial charge on any atom is 0.322 e. The Kier molecular flexibility index (Phi) is 3.96. The van der Waals surface area contributed by atoms with Crippen LogP contribution in [0.25, 0.3) is 10.2 Å². The van der Waals surface area contributed by atoms with Gasteiger partial charge in [0.1, 0.15) is 18.6 Å². The number of H-pyrrole nitrogens is 1. The average molecular weight is 341 g/mol. The zero-order chi connectivity index (χ0) is 16.4. The lowest BCUT2D eigenvalue weighted by Gasteiger charge is -2.30. The van der Waals surface area contributed by atoms with Gasteiger partial charge in [-0.05, 0) is 35.8 Å². The van der Waals surface area contributed by atoms with Crippen LogP contribution in [0.3, 0.4) is 0 Å². The highest BCUT2D eigenvalue weighted by molar-refractivity contribution is 7.12. The molecule has 1 aliphatic heterocycles. The van der Waals surface area contributed by atoms with E-state index in [-0.39, 0.29) is 6.03 Å². The molecular weight excluding hydrogens is 324 g/mol. The van der Waals surface area contributed by atoms with E-state index in [4.69, 9.17) is 0 Å². The van der Waals surface area contributed by atoms with Gasteiger partial charge in [0.2, 0.25) is 0 Å². The summed E-state index contributed by atoms with van der Waals surface area (Å²) in [6.45, 7) is 3.00. The van der Waals surface area contributed by atoms with E-state index in [9.17, 15) is 4.79 Å². The summed E-state index contributed by atoms with van der Waals surface area (Å²) in [5.41, 5.74) is 1.56. The summed E-state index contributed by atoms with van der Waals surface area (Å²) in [5, 5.41) is 6.98. The summed E-state index contributed by atoms with van der Waals surface area (Å²) in [6, 6.07) is 11.6. The van der Waals surface area contributed by atoms with Crippen molar-refractivity contribution >= 4 is 39.3 Å². The first-order valence-electron chi connectivity index (χ1n) is 7.79. The predicted octanol–water partition coefficient (Wildman–Crippen LogP) is 1.86. The summed E-state index contributed by atoms with van der Waals surface area (Å²) < 4.78 is 4.92. The molecule has 1 aliphatic rings. The molecule has 2 amide bonds. The predicted molar refractivity (Wildman–Crippen MR) is 93.2 cm³/mol. The number of aromatic nitrogens is 3. The molecular formula is C16H17N6OS+. The number of pyridine rings is 1. The fourth-order valence-corrected chi connectivity index (χ4v) is 3.33. The van der Waals surface area contributed by atoms with Crippen LogP contribution in [0.2, 0.25) is 0 Å². The molecule has 2 N–H and O–H groups in total. The van der Waals surface area contributed by atoms with Gasteiger partial charge in [-0.1, -0.05) is 10.6 Å². The first kappa shape index (κ1) is 14.8. The Morgan fingerprint density at radius 1 is 1.17 bits per heavy atom. The minimum Gasteiger partial charge on any atom is -0.317 e. The summed E-state index contributed by atoms with van der Waals surface area (Å²) in [5.74, 6) is 1.08. The molecule has 2 aromatic heterocycles. The van der Waals surface area contributed by atoms with Crippen LogP contribution in [-0.4, -0.2) is 46.7 Å². The van der Waals surface area contributed by atoms with Gasteiger partial charge >= 0.3 is 6.03 Å². The van der Waals surface area contributed by atoms with Gasteiger partial charge in [0.15, 0.2) is 0 Å². The molecule has 7 nitrogen and oxygen atoms in total. The second-order valence-electron chi connectivity index (χ2n) is 5.61. The van der Waals surface area contributed by atoms with Gasteiger partial charge in [-0.15, -0.1) is 5.10 Å². The zero-order valence-electron chi connectivity index (χ0n) is 13.0. The quantitative estimate of drug-likeness (QED) is 0.772. The van der Waals surface area contributed by atoms with Crippen LogP contribution >= 0.6 is 11.5 Å². The largest absolute Gasteiger partial charge is 0.322 e. The van der Waals surface area contributed by atoms with Crippen LogP contribution in [0, 0.1) is 0 Å². The minimum absolute atomic E-state index is 0.0748. The highest BCUT2D eigenvalue weighted by atomic mass is 32.1. The van der Waals surface area contributed by atoms with Crippen molar-refractivity contribution in [3.63, 3.8) is 0 Å². The molecule has 0 unspecified atom stereocenters. The van der Waals surface area contributed by atoms with E-state index in [1.54, 1.807) is 0 Å². The van der Waals surface area contributed by atoms with Crippen molar-refractivity contribution in [1.82, 2.24) is 14.5 Å². The van der Waals surface area contributed by atoms with Crippen molar-refractivity contribution in [3.05, 3.63) is 42.6 Å². The summed E-state index contributed by atoms with van der Waals surface area (Å²) >= 11 is 1.35. The monoisotopic (exact) mass is 341 g/mol. The van der Waals surface area contributed by atoms with E-state index in [0.29, 0.717) is 13.1 Å². The molecule has 0 bridgehead atoms.